The largest absolute Gasteiger partial charge is 0.398 e. The quantitative estimate of drug-likeness (QED) is 0.856. The van der Waals surface area contributed by atoms with Crippen molar-refractivity contribution in [2.45, 2.75) is 24.2 Å². The number of nitrogen functional groups attached to an aromatic ring is 1. The van der Waals surface area contributed by atoms with Gasteiger partial charge in [0, 0.05) is 5.69 Å². The molecule has 0 unspecified atom stereocenters. The normalized spacial score (nSPS) is 14.0. The van der Waals surface area contributed by atoms with Gasteiger partial charge >= 0.3 is 0 Å². The molecular formula is C15H15FN2O2S. The number of halogens is 1. The van der Waals surface area contributed by atoms with Crippen LogP contribution < -0.4 is 10.5 Å². The number of hydrogen-bond donors (Lipinski definition) is 2. The van der Waals surface area contributed by atoms with Gasteiger partial charge in [-0.05, 0) is 54.7 Å². The average molecular weight is 306 g/mol. The lowest BCUT2D eigenvalue weighted by Gasteiger charge is -2.12. The third-order valence-corrected chi connectivity index (χ3v) is 5.09. The van der Waals surface area contributed by atoms with Crippen molar-refractivity contribution in [2.24, 2.45) is 0 Å². The molecule has 0 spiro atoms. The van der Waals surface area contributed by atoms with Crippen molar-refractivity contribution in [2.75, 3.05) is 10.5 Å². The molecule has 0 aliphatic heterocycles. The Kier molecular flexibility index (Phi) is 3.33. The van der Waals surface area contributed by atoms with E-state index in [0.29, 0.717) is 5.69 Å². The van der Waals surface area contributed by atoms with E-state index in [2.05, 4.69) is 4.72 Å². The van der Waals surface area contributed by atoms with E-state index in [1.54, 1.807) is 12.1 Å². The minimum atomic E-state index is -4.04. The molecule has 0 atom stereocenters. The fourth-order valence-corrected chi connectivity index (χ4v) is 3.89. The maximum atomic E-state index is 13.8. The van der Waals surface area contributed by atoms with Crippen LogP contribution in [0.5, 0.6) is 0 Å². The summed E-state index contributed by atoms with van der Waals surface area (Å²) in [4.78, 5) is -0.509. The number of hydrogen-bond acceptors (Lipinski definition) is 3. The number of nitrogens with one attached hydrogen (secondary N) is 1. The van der Waals surface area contributed by atoms with E-state index >= 15 is 0 Å². The van der Waals surface area contributed by atoms with Gasteiger partial charge in [-0.1, -0.05) is 12.1 Å². The van der Waals surface area contributed by atoms with Gasteiger partial charge in [0.1, 0.15) is 10.7 Å². The van der Waals surface area contributed by atoms with Crippen LogP contribution in [0.2, 0.25) is 0 Å². The van der Waals surface area contributed by atoms with E-state index in [1.807, 2.05) is 6.07 Å². The van der Waals surface area contributed by atoms with Gasteiger partial charge in [-0.25, -0.2) is 12.8 Å². The van der Waals surface area contributed by atoms with E-state index in [-0.39, 0.29) is 5.69 Å². The Morgan fingerprint density at radius 3 is 2.62 bits per heavy atom. The van der Waals surface area contributed by atoms with Gasteiger partial charge < -0.3 is 5.73 Å². The first-order valence-corrected chi connectivity index (χ1v) is 8.14. The first kappa shape index (κ1) is 13.9. The van der Waals surface area contributed by atoms with Crippen LogP contribution in [0.15, 0.2) is 41.3 Å². The summed E-state index contributed by atoms with van der Waals surface area (Å²) in [5.74, 6) is -0.858. The van der Waals surface area contributed by atoms with Crippen LogP contribution in [-0.2, 0) is 22.9 Å². The molecule has 0 saturated heterocycles. The van der Waals surface area contributed by atoms with Crippen molar-refractivity contribution in [3.05, 3.63) is 53.3 Å². The first-order valence-electron chi connectivity index (χ1n) is 6.66. The first-order chi connectivity index (χ1) is 9.97. The molecule has 2 aromatic carbocycles. The summed E-state index contributed by atoms with van der Waals surface area (Å²) in [6, 6.07) is 9.22. The van der Waals surface area contributed by atoms with Crippen LogP contribution in [0.25, 0.3) is 0 Å². The number of nitrogens with two attached hydrogens (primary N) is 1. The maximum Gasteiger partial charge on any atom is 0.266 e. The molecule has 21 heavy (non-hydrogen) atoms. The second kappa shape index (κ2) is 5.04. The van der Waals surface area contributed by atoms with E-state index in [9.17, 15) is 12.8 Å². The molecule has 110 valence electrons. The molecular weight excluding hydrogens is 291 g/mol. The molecule has 0 bridgehead atoms. The summed E-state index contributed by atoms with van der Waals surface area (Å²) in [6.45, 7) is 0. The van der Waals surface area contributed by atoms with Crippen molar-refractivity contribution < 1.29 is 12.8 Å². The van der Waals surface area contributed by atoms with Gasteiger partial charge in [-0.2, -0.15) is 0 Å². The zero-order chi connectivity index (χ0) is 15.0. The molecule has 0 amide bonds. The minimum absolute atomic E-state index is 0.108. The van der Waals surface area contributed by atoms with Crippen molar-refractivity contribution >= 4 is 21.4 Å². The minimum Gasteiger partial charge on any atom is -0.398 e. The SMILES string of the molecule is Nc1cccc(F)c1S(=O)(=O)Nc1ccc2c(c1)CCC2. The summed E-state index contributed by atoms with van der Waals surface area (Å²) in [5.41, 5.74) is 8.29. The predicted octanol–water partition coefficient (Wildman–Crippen LogP) is 2.70. The second-order valence-corrected chi connectivity index (χ2v) is 6.72. The molecule has 0 aromatic heterocycles. The molecule has 2 aromatic rings. The zero-order valence-electron chi connectivity index (χ0n) is 11.3. The second-order valence-electron chi connectivity index (χ2n) is 5.10. The van der Waals surface area contributed by atoms with E-state index < -0.39 is 20.7 Å². The van der Waals surface area contributed by atoms with Crippen LogP contribution in [0, 0.1) is 5.82 Å². The van der Waals surface area contributed by atoms with Crippen molar-refractivity contribution in [1.82, 2.24) is 0 Å². The molecule has 3 rings (SSSR count). The Bertz CT molecular complexity index is 783. The predicted molar refractivity (Wildman–Crippen MR) is 80.1 cm³/mol. The highest BCUT2D eigenvalue weighted by molar-refractivity contribution is 7.92. The molecule has 3 N–H and O–H groups in total. The highest BCUT2D eigenvalue weighted by Gasteiger charge is 2.23. The number of sulfonamides is 1. The Balaban J connectivity index is 1.97. The topological polar surface area (TPSA) is 72.2 Å². The summed E-state index contributed by atoms with van der Waals surface area (Å²) in [6.07, 6.45) is 3.03. The number of aryl methyl sites for hydroxylation is 2. The summed E-state index contributed by atoms with van der Waals surface area (Å²) in [7, 11) is -4.04. The van der Waals surface area contributed by atoms with Crippen LogP contribution in [0.1, 0.15) is 17.5 Å². The standard InChI is InChI=1S/C15H15FN2O2S/c16-13-5-2-6-14(17)15(13)21(19,20)18-12-8-7-10-3-1-4-11(10)9-12/h2,5-9,18H,1,3-4,17H2. The summed E-state index contributed by atoms with van der Waals surface area (Å²) >= 11 is 0. The molecule has 1 aliphatic carbocycles. The van der Waals surface area contributed by atoms with Gasteiger partial charge in [0.25, 0.3) is 10.0 Å². The molecule has 1 aliphatic rings. The summed E-state index contributed by atoms with van der Waals surface area (Å²) < 4.78 is 40.8. The van der Waals surface area contributed by atoms with Gasteiger partial charge in [-0.3, -0.25) is 4.72 Å². The van der Waals surface area contributed by atoms with Crippen LogP contribution in [0.3, 0.4) is 0 Å². The van der Waals surface area contributed by atoms with Gasteiger partial charge in [0.2, 0.25) is 0 Å². The molecule has 0 heterocycles. The highest BCUT2D eigenvalue weighted by atomic mass is 32.2. The van der Waals surface area contributed by atoms with Crippen molar-refractivity contribution in [1.29, 1.82) is 0 Å². The lowest BCUT2D eigenvalue weighted by molar-refractivity contribution is 0.572. The Labute approximate surface area is 122 Å². The van der Waals surface area contributed by atoms with Crippen molar-refractivity contribution in [3.63, 3.8) is 0 Å². The Hall–Kier alpha value is -2.08. The third-order valence-electron chi connectivity index (χ3n) is 3.62. The molecule has 0 saturated carbocycles. The number of anilines is 2. The van der Waals surface area contributed by atoms with Gasteiger partial charge in [0.05, 0.1) is 5.69 Å². The van der Waals surface area contributed by atoms with Gasteiger partial charge in [0.15, 0.2) is 0 Å². The fraction of sp³-hybridized carbons (Fsp3) is 0.200. The highest BCUT2D eigenvalue weighted by Crippen LogP contribution is 2.28. The average Bonchev–Trinajstić information content (AvgIpc) is 2.85. The maximum absolute atomic E-state index is 13.8. The summed E-state index contributed by atoms with van der Waals surface area (Å²) in [5, 5.41) is 0. The molecule has 4 nitrogen and oxygen atoms in total. The molecule has 0 fully saturated rings. The molecule has 6 heteroatoms. The van der Waals surface area contributed by atoms with E-state index in [0.717, 1.165) is 30.9 Å². The van der Waals surface area contributed by atoms with Crippen LogP contribution in [-0.4, -0.2) is 8.42 Å². The van der Waals surface area contributed by atoms with Crippen molar-refractivity contribution in [3.8, 4) is 0 Å². The number of rotatable bonds is 3. The Morgan fingerprint density at radius 1 is 1.10 bits per heavy atom. The molecule has 0 radical (unpaired) electrons. The van der Waals surface area contributed by atoms with Gasteiger partial charge in [-0.15, -0.1) is 0 Å². The van der Waals surface area contributed by atoms with Crippen LogP contribution in [0.4, 0.5) is 15.8 Å². The van der Waals surface area contributed by atoms with E-state index in [1.165, 1.54) is 17.7 Å². The third kappa shape index (κ3) is 2.58. The lowest BCUT2D eigenvalue weighted by atomic mass is 10.1. The zero-order valence-corrected chi connectivity index (χ0v) is 12.1. The monoisotopic (exact) mass is 306 g/mol. The lowest BCUT2D eigenvalue weighted by Crippen LogP contribution is -2.16. The fourth-order valence-electron chi connectivity index (χ4n) is 2.65. The number of benzene rings is 2. The van der Waals surface area contributed by atoms with E-state index in [4.69, 9.17) is 5.73 Å². The smallest absolute Gasteiger partial charge is 0.266 e. The van der Waals surface area contributed by atoms with Crippen LogP contribution >= 0.6 is 0 Å². The Morgan fingerprint density at radius 2 is 1.86 bits per heavy atom. The number of fused-ring (bicyclic) bond motifs is 1.